The highest BCUT2D eigenvalue weighted by molar-refractivity contribution is 5.98. The van der Waals surface area contributed by atoms with Crippen LogP contribution in [0.5, 0.6) is 5.75 Å². The van der Waals surface area contributed by atoms with Crippen LogP contribution in [0, 0.1) is 17.6 Å². The fourth-order valence-corrected chi connectivity index (χ4v) is 8.04. The Bertz CT molecular complexity index is 1970. The third-order valence-corrected chi connectivity index (χ3v) is 10.9. The highest BCUT2D eigenvalue weighted by Gasteiger charge is 2.47. The van der Waals surface area contributed by atoms with Crippen molar-refractivity contribution in [2.75, 3.05) is 25.5 Å². The van der Waals surface area contributed by atoms with Gasteiger partial charge in [-0.05, 0) is 87.9 Å². The molecule has 3 aliphatic heterocycles. The zero-order valence-corrected chi connectivity index (χ0v) is 34.4. The Morgan fingerprint density at radius 1 is 0.984 bits per heavy atom. The number of rotatable bonds is 8. The average Bonchev–Trinajstić information content (AvgIpc) is 3.82. The van der Waals surface area contributed by atoms with Gasteiger partial charge in [0.05, 0.1) is 18.2 Å². The van der Waals surface area contributed by atoms with E-state index < -0.39 is 120 Å². The Balaban J connectivity index is 1.49. The Labute approximate surface area is 353 Å². The summed E-state index contributed by atoms with van der Waals surface area (Å²) in [5, 5.41) is 32.0. The molecule has 0 bridgehead atoms. The molecule has 7 amide bonds. The fourth-order valence-electron chi connectivity index (χ4n) is 8.04. The van der Waals surface area contributed by atoms with E-state index >= 15 is 0 Å². The maximum Gasteiger partial charge on any atom is 0.573 e. The lowest BCUT2D eigenvalue weighted by atomic mass is 10.0. The fraction of sp³-hybridized carbons (Fsp3) is 0.550. The monoisotopic (exact) mass is 883 g/mol. The van der Waals surface area contributed by atoms with E-state index in [4.69, 9.17) is 4.74 Å². The first-order chi connectivity index (χ1) is 29.0. The Morgan fingerprint density at radius 2 is 1.63 bits per heavy atom. The minimum absolute atomic E-state index is 0.0187. The van der Waals surface area contributed by atoms with Gasteiger partial charge in [0.15, 0.2) is 6.29 Å². The van der Waals surface area contributed by atoms with Crippen LogP contribution in [0.1, 0.15) is 52.5 Å². The number of halogens is 5. The summed E-state index contributed by atoms with van der Waals surface area (Å²) >= 11 is 0. The van der Waals surface area contributed by atoms with Crippen LogP contribution in [-0.4, -0.2) is 142 Å². The molecular weight excluding hydrogens is 833 g/mol. The van der Waals surface area contributed by atoms with Gasteiger partial charge >= 0.3 is 12.4 Å². The molecule has 0 radical (unpaired) electrons. The third kappa shape index (κ3) is 11.6. The number of urea groups is 1. The molecule has 5 rings (SSSR count). The minimum atomic E-state index is -4.98. The molecule has 62 heavy (non-hydrogen) atoms. The Kier molecular flexibility index (Phi) is 15.0. The van der Waals surface area contributed by atoms with Gasteiger partial charge in [-0.2, -0.15) is 0 Å². The molecule has 17 nitrogen and oxygen atoms in total. The Morgan fingerprint density at radius 3 is 2.24 bits per heavy atom. The predicted molar refractivity (Wildman–Crippen MR) is 207 cm³/mol. The summed E-state index contributed by atoms with van der Waals surface area (Å²) in [5.74, 6) is -6.99. The lowest BCUT2D eigenvalue weighted by Gasteiger charge is -2.38. The van der Waals surface area contributed by atoms with Crippen molar-refractivity contribution in [2.45, 2.75) is 114 Å². The average molecular weight is 884 g/mol. The van der Waals surface area contributed by atoms with E-state index in [1.807, 2.05) is 6.92 Å². The van der Waals surface area contributed by atoms with Gasteiger partial charge in [-0.3, -0.25) is 24.0 Å². The second kappa shape index (κ2) is 19.6. The number of hydrogen-bond acceptors (Lipinski definition) is 10. The number of aliphatic hydroxyl groups excluding tert-OH is 2. The highest BCUT2D eigenvalue weighted by atomic mass is 19.4. The maximum absolute atomic E-state index is 14.6. The van der Waals surface area contributed by atoms with Crippen molar-refractivity contribution in [1.82, 2.24) is 30.7 Å². The van der Waals surface area contributed by atoms with Crippen LogP contribution >= 0.6 is 0 Å². The van der Waals surface area contributed by atoms with E-state index in [0.29, 0.717) is 12.5 Å². The van der Waals surface area contributed by atoms with Gasteiger partial charge in [0.2, 0.25) is 29.5 Å². The van der Waals surface area contributed by atoms with Gasteiger partial charge in [-0.25, -0.2) is 13.6 Å². The largest absolute Gasteiger partial charge is 0.573 e. The summed E-state index contributed by atoms with van der Waals surface area (Å²) in [6.45, 7) is 5.98. The first-order valence-corrected chi connectivity index (χ1v) is 19.9. The standard InChI is InChI=1S/C40H50F5N7O10/c1-19-13-30-38(59)61-22(4)31(37(58)51-12-6-7-29(51)36(57)50(5)32(21(3)53)34(55)46-20(2)35(56)52(30)18-19)49-33(54)28(16-23-14-24(41)17-25(42)15-23)48-39(60)47-26-8-10-27(11-9-26)62-40(43,44)45/h8-11,14-15,17,19-22,28-32,38,53,59H,6-7,12-13,16,18H2,1-5H3,(H,46,55)(H,49,54)(H2,47,48,60)/t19-,20-,21+,22-,28-,29-,30-,31-,32-,38-/m0/s1. The number of carbonyl (C=O) groups excluding carboxylic acids is 6. The van der Waals surface area contributed by atoms with E-state index in [1.165, 1.54) is 32.7 Å². The quantitative estimate of drug-likeness (QED) is 0.211. The molecule has 0 spiro atoms. The number of aliphatic hydroxyl groups is 2. The molecule has 2 aromatic carbocycles. The van der Waals surface area contributed by atoms with Crippen LogP contribution in [0.3, 0.4) is 0 Å². The molecule has 0 unspecified atom stereocenters. The number of hydrogen-bond donors (Lipinski definition) is 6. The lowest BCUT2D eigenvalue weighted by molar-refractivity contribution is -0.274. The molecule has 0 saturated carbocycles. The summed E-state index contributed by atoms with van der Waals surface area (Å²) in [6, 6.07) is -3.11. The smallest absolute Gasteiger partial charge is 0.406 e. The zero-order chi connectivity index (χ0) is 45.8. The second-order valence-electron chi connectivity index (χ2n) is 15.9. The van der Waals surface area contributed by atoms with Crippen LogP contribution in [0.15, 0.2) is 42.5 Å². The van der Waals surface area contributed by atoms with Gasteiger partial charge in [0.1, 0.15) is 47.6 Å². The van der Waals surface area contributed by atoms with Crippen molar-refractivity contribution >= 4 is 41.3 Å². The van der Waals surface area contributed by atoms with E-state index in [2.05, 4.69) is 26.0 Å². The lowest BCUT2D eigenvalue weighted by Crippen LogP contribution is -2.63. The van der Waals surface area contributed by atoms with Crippen molar-refractivity contribution in [1.29, 1.82) is 0 Å². The molecule has 0 aliphatic carbocycles. The summed E-state index contributed by atoms with van der Waals surface area (Å²) in [4.78, 5) is 87.0. The van der Waals surface area contributed by atoms with Crippen LogP contribution in [0.25, 0.3) is 0 Å². The first kappa shape index (κ1) is 47.4. The number of ether oxygens (including phenoxy) is 2. The summed E-state index contributed by atoms with van der Waals surface area (Å²) < 4.78 is 76.5. The van der Waals surface area contributed by atoms with Crippen molar-refractivity contribution < 1.29 is 70.4 Å². The van der Waals surface area contributed by atoms with E-state index in [0.717, 1.165) is 46.2 Å². The van der Waals surface area contributed by atoms with Gasteiger partial charge < -0.3 is 55.7 Å². The summed E-state index contributed by atoms with van der Waals surface area (Å²) in [7, 11) is 1.26. The molecule has 6 N–H and O–H groups in total. The van der Waals surface area contributed by atoms with Crippen LogP contribution in [0.2, 0.25) is 0 Å². The Hall–Kier alpha value is -5.61. The van der Waals surface area contributed by atoms with Crippen molar-refractivity contribution in [3.8, 4) is 5.75 Å². The van der Waals surface area contributed by atoms with E-state index in [9.17, 15) is 60.9 Å². The van der Waals surface area contributed by atoms with Gasteiger partial charge in [-0.15, -0.1) is 13.2 Å². The maximum atomic E-state index is 14.6. The number of nitrogens with one attached hydrogen (secondary N) is 4. The SMILES string of the molecule is C[C@H]1C[C@H]2[C@@H](O)O[C@@H](C)[C@H](NC(=O)[C@H](Cc3cc(F)cc(F)c3)NC(=O)Nc3ccc(OC(F)(F)F)cc3)C(=O)N3CCC[C@H]3C(=O)N(C)[C@@H]([C@@H](C)O)C(=O)N[C@@H](C)C(=O)N2C1. The van der Waals surface area contributed by atoms with E-state index in [1.54, 1.807) is 0 Å². The van der Waals surface area contributed by atoms with Crippen molar-refractivity contribution in [2.24, 2.45) is 5.92 Å². The van der Waals surface area contributed by atoms with Gasteiger partial charge in [-0.1, -0.05) is 6.92 Å². The molecule has 3 fully saturated rings. The molecule has 340 valence electrons. The number of fused-ring (bicyclic) bond motifs is 2. The molecule has 22 heteroatoms. The number of likely N-dealkylation sites (N-methyl/N-ethyl adjacent to an activating group) is 1. The molecule has 10 atom stereocenters. The van der Waals surface area contributed by atoms with Crippen LogP contribution < -0.4 is 26.0 Å². The normalized spacial score (nSPS) is 27.5. The molecule has 2 aromatic rings. The topological polar surface area (TPSA) is 219 Å². The number of benzene rings is 2. The summed E-state index contributed by atoms with van der Waals surface area (Å²) in [6.07, 6.45) is -9.55. The number of anilines is 1. The van der Waals surface area contributed by atoms with Crippen LogP contribution in [0.4, 0.5) is 32.4 Å². The molecule has 3 heterocycles. The summed E-state index contributed by atoms with van der Waals surface area (Å²) in [5.41, 5.74) is -0.162. The van der Waals surface area contributed by atoms with Gasteiger partial charge in [0, 0.05) is 38.3 Å². The zero-order valence-electron chi connectivity index (χ0n) is 34.4. The van der Waals surface area contributed by atoms with Gasteiger partial charge in [0.25, 0.3) is 0 Å². The highest BCUT2D eigenvalue weighted by Crippen LogP contribution is 2.29. The first-order valence-electron chi connectivity index (χ1n) is 19.9. The second-order valence-corrected chi connectivity index (χ2v) is 15.9. The predicted octanol–water partition coefficient (Wildman–Crippen LogP) is 1.76. The molecular formula is C40H50F5N7O10. The number of carbonyl (C=O) groups is 6. The molecule has 3 saturated heterocycles. The van der Waals surface area contributed by atoms with E-state index in [-0.39, 0.29) is 43.1 Å². The number of alkyl halides is 3. The number of nitrogens with zero attached hydrogens (tertiary/aromatic N) is 3. The molecule has 3 aliphatic rings. The minimum Gasteiger partial charge on any atom is -0.406 e. The number of amides is 7. The van der Waals surface area contributed by atoms with Crippen molar-refractivity contribution in [3.05, 3.63) is 59.7 Å². The third-order valence-electron chi connectivity index (χ3n) is 10.9. The van der Waals surface area contributed by atoms with Crippen molar-refractivity contribution in [3.63, 3.8) is 0 Å². The van der Waals surface area contributed by atoms with Crippen LogP contribution in [-0.2, 0) is 35.1 Å². The molecule has 0 aromatic heterocycles.